The van der Waals surface area contributed by atoms with Crippen molar-refractivity contribution in [3.63, 3.8) is 0 Å². The number of aromatic nitrogens is 2. The number of carboxylic acids is 1. The first-order chi connectivity index (χ1) is 8.25. The molecule has 3 rings (SSSR count). The Hall–Kier alpha value is -2.14. The molecule has 0 saturated heterocycles. The standard InChI is InChI=1S/C12H8N2O2S/c15-12(16)8-6-13-17-11(8)10-5-7-3-1-2-4-9(7)14-10/h1-6,14H,(H,15,16). The van der Waals surface area contributed by atoms with E-state index in [1.165, 1.54) is 17.7 Å². The molecule has 2 N–H and O–H groups in total. The number of hydrogen-bond acceptors (Lipinski definition) is 3. The number of nitrogens with zero attached hydrogens (tertiary/aromatic N) is 1. The average Bonchev–Trinajstić information content (AvgIpc) is 2.95. The Labute approximate surface area is 101 Å². The smallest absolute Gasteiger partial charge is 0.338 e. The van der Waals surface area contributed by atoms with Gasteiger partial charge in [0.1, 0.15) is 0 Å². The second-order valence-electron chi connectivity index (χ2n) is 3.64. The number of para-hydroxylation sites is 1. The molecular weight excluding hydrogens is 236 g/mol. The van der Waals surface area contributed by atoms with Crippen LogP contribution in [0.1, 0.15) is 10.4 Å². The van der Waals surface area contributed by atoms with Gasteiger partial charge in [-0.2, -0.15) is 4.37 Å². The lowest BCUT2D eigenvalue weighted by Gasteiger charge is -1.93. The quantitative estimate of drug-likeness (QED) is 0.728. The Kier molecular flexibility index (Phi) is 2.19. The predicted molar refractivity (Wildman–Crippen MR) is 66.4 cm³/mol. The molecule has 2 aromatic heterocycles. The van der Waals surface area contributed by atoms with Gasteiger partial charge in [0.2, 0.25) is 0 Å². The van der Waals surface area contributed by atoms with Gasteiger partial charge in [0.05, 0.1) is 22.3 Å². The third-order valence-corrected chi connectivity index (χ3v) is 3.41. The van der Waals surface area contributed by atoms with Crippen molar-refractivity contribution < 1.29 is 9.90 Å². The summed E-state index contributed by atoms with van der Waals surface area (Å²) in [4.78, 5) is 14.9. The molecule has 3 aromatic rings. The summed E-state index contributed by atoms with van der Waals surface area (Å²) in [6, 6.07) is 9.77. The first kappa shape index (κ1) is 10.0. The van der Waals surface area contributed by atoms with Crippen LogP contribution in [0.25, 0.3) is 21.5 Å². The highest BCUT2D eigenvalue weighted by molar-refractivity contribution is 7.10. The SMILES string of the molecule is O=C(O)c1cnsc1-c1cc2ccccc2[nH]1. The Balaban J connectivity index is 2.20. The van der Waals surface area contributed by atoms with E-state index < -0.39 is 5.97 Å². The van der Waals surface area contributed by atoms with Gasteiger partial charge in [-0.3, -0.25) is 0 Å². The maximum absolute atomic E-state index is 11.0. The highest BCUT2D eigenvalue weighted by Crippen LogP contribution is 2.29. The first-order valence-corrected chi connectivity index (χ1v) is 5.79. The molecule has 2 heterocycles. The van der Waals surface area contributed by atoms with Crippen molar-refractivity contribution in [1.29, 1.82) is 0 Å². The molecule has 0 aliphatic rings. The third kappa shape index (κ3) is 1.60. The van der Waals surface area contributed by atoms with Gasteiger partial charge in [-0.1, -0.05) is 18.2 Å². The summed E-state index contributed by atoms with van der Waals surface area (Å²) < 4.78 is 3.93. The third-order valence-electron chi connectivity index (χ3n) is 2.58. The molecule has 4 nitrogen and oxygen atoms in total. The minimum absolute atomic E-state index is 0.238. The van der Waals surface area contributed by atoms with E-state index in [9.17, 15) is 4.79 Å². The van der Waals surface area contributed by atoms with Gasteiger partial charge in [-0.25, -0.2) is 4.79 Å². The molecule has 0 saturated carbocycles. The molecule has 0 amide bonds. The van der Waals surface area contributed by atoms with Crippen LogP contribution in [0, 0.1) is 0 Å². The second kappa shape index (κ2) is 3.71. The number of rotatable bonds is 2. The van der Waals surface area contributed by atoms with Crippen LogP contribution >= 0.6 is 11.5 Å². The van der Waals surface area contributed by atoms with Crippen molar-refractivity contribution in [1.82, 2.24) is 9.36 Å². The highest BCUT2D eigenvalue weighted by atomic mass is 32.1. The minimum Gasteiger partial charge on any atom is -0.478 e. The molecule has 0 spiro atoms. The molecule has 5 heteroatoms. The summed E-state index contributed by atoms with van der Waals surface area (Å²) in [5, 5.41) is 10.1. The zero-order chi connectivity index (χ0) is 11.8. The summed E-state index contributed by atoms with van der Waals surface area (Å²) in [7, 11) is 0. The number of H-pyrrole nitrogens is 1. The Morgan fingerprint density at radius 3 is 2.94 bits per heavy atom. The van der Waals surface area contributed by atoms with Crippen LogP contribution in [0.3, 0.4) is 0 Å². The fourth-order valence-corrected chi connectivity index (χ4v) is 2.49. The highest BCUT2D eigenvalue weighted by Gasteiger charge is 2.15. The van der Waals surface area contributed by atoms with E-state index in [-0.39, 0.29) is 5.56 Å². The van der Waals surface area contributed by atoms with E-state index >= 15 is 0 Å². The van der Waals surface area contributed by atoms with Gasteiger partial charge in [-0.05, 0) is 23.7 Å². The van der Waals surface area contributed by atoms with Crippen LogP contribution in [0.5, 0.6) is 0 Å². The molecular formula is C12H8N2O2S. The molecule has 1 aromatic carbocycles. The molecule has 0 aliphatic carbocycles. The first-order valence-electron chi connectivity index (χ1n) is 5.02. The van der Waals surface area contributed by atoms with Crippen molar-refractivity contribution in [2.24, 2.45) is 0 Å². The van der Waals surface area contributed by atoms with Crippen molar-refractivity contribution in [2.75, 3.05) is 0 Å². The normalized spacial score (nSPS) is 10.8. The average molecular weight is 244 g/mol. The predicted octanol–water partition coefficient (Wildman–Crippen LogP) is 2.99. The van der Waals surface area contributed by atoms with Gasteiger partial charge >= 0.3 is 5.97 Å². The van der Waals surface area contributed by atoms with Crippen LogP contribution in [-0.4, -0.2) is 20.4 Å². The number of hydrogen-bond donors (Lipinski definition) is 2. The molecule has 0 bridgehead atoms. The Morgan fingerprint density at radius 2 is 2.18 bits per heavy atom. The van der Waals surface area contributed by atoms with Gasteiger partial charge in [-0.15, -0.1) is 0 Å². The Morgan fingerprint density at radius 1 is 1.35 bits per heavy atom. The maximum Gasteiger partial charge on any atom is 0.338 e. The summed E-state index contributed by atoms with van der Waals surface area (Å²) in [5.41, 5.74) is 2.03. The Bertz CT molecular complexity index is 666. The summed E-state index contributed by atoms with van der Waals surface area (Å²) in [6.45, 7) is 0. The van der Waals surface area contributed by atoms with E-state index in [4.69, 9.17) is 5.11 Å². The van der Waals surface area contributed by atoms with E-state index in [1.54, 1.807) is 0 Å². The maximum atomic E-state index is 11.0. The van der Waals surface area contributed by atoms with E-state index in [1.807, 2.05) is 30.3 Å². The minimum atomic E-state index is -0.951. The number of carbonyl (C=O) groups is 1. The molecule has 84 valence electrons. The monoisotopic (exact) mass is 244 g/mol. The van der Waals surface area contributed by atoms with Gasteiger partial charge < -0.3 is 10.1 Å². The number of aromatic amines is 1. The summed E-state index contributed by atoms with van der Waals surface area (Å²) >= 11 is 1.18. The number of nitrogens with one attached hydrogen (secondary N) is 1. The van der Waals surface area contributed by atoms with Crippen LogP contribution in [0.2, 0.25) is 0 Å². The zero-order valence-electron chi connectivity index (χ0n) is 8.68. The molecule has 17 heavy (non-hydrogen) atoms. The zero-order valence-corrected chi connectivity index (χ0v) is 9.49. The van der Waals surface area contributed by atoms with Crippen molar-refractivity contribution >= 4 is 28.4 Å². The van der Waals surface area contributed by atoms with E-state index in [0.717, 1.165) is 16.6 Å². The van der Waals surface area contributed by atoms with E-state index in [0.29, 0.717) is 4.88 Å². The van der Waals surface area contributed by atoms with Crippen LogP contribution in [-0.2, 0) is 0 Å². The number of benzene rings is 1. The van der Waals surface area contributed by atoms with Crippen LogP contribution < -0.4 is 0 Å². The van der Waals surface area contributed by atoms with Crippen LogP contribution in [0.15, 0.2) is 36.5 Å². The molecule has 0 atom stereocenters. The molecule has 0 aliphatic heterocycles. The lowest BCUT2D eigenvalue weighted by atomic mass is 10.2. The topological polar surface area (TPSA) is 66.0 Å². The fraction of sp³-hybridized carbons (Fsp3) is 0. The number of fused-ring (bicyclic) bond motifs is 1. The number of carboxylic acid groups (broad SMARTS) is 1. The van der Waals surface area contributed by atoms with Crippen molar-refractivity contribution in [3.8, 4) is 10.6 Å². The summed E-state index contributed by atoms with van der Waals surface area (Å²) in [6.07, 6.45) is 1.38. The summed E-state index contributed by atoms with van der Waals surface area (Å²) in [5.74, 6) is -0.951. The van der Waals surface area contributed by atoms with Gasteiger partial charge in [0.15, 0.2) is 0 Å². The molecule has 0 unspecified atom stereocenters. The van der Waals surface area contributed by atoms with Gasteiger partial charge in [0.25, 0.3) is 0 Å². The molecule has 0 fully saturated rings. The van der Waals surface area contributed by atoms with E-state index in [2.05, 4.69) is 9.36 Å². The molecule has 0 radical (unpaired) electrons. The lowest BCUT2D eigenvalue weighted by Crippen LogP contribution is -1.95. The largest absolute Gasteiger partial charge is 0.478 e. The van der Waals surface area contributed by atoms with Crippen molar-refractivity contribution in [3.05, 3.63) is 42.1 Å². The van der Waals surface area contributed by atoms with Crippen LogP contribution in [0.4, 0.5) is 0 Å². The number of aromatic carboxylic acids is 1. The lowest BCUT2D eigenvalue weighted by molar-refractivity contribution is 0.0698. The van der Waals surface area contributed by atoms with Crippen molar-refractivity contribution in [2.45, 2.75) is 0 Å². The fourth-order valence-electron chi connectivity index (χ4n) is 1.78. The second-order valence-corrected chi connectivity index (χ2v) is 4.45. The van der Waals surface area contributed by atoms with Gasteiger partial charge in [0, 0.05) is 10.9 Å².